The first kappa shape index (κ1) is 15.4. The van der Waals surface area contributed by atoms with E-state index >= 15 is 0 Å². The molecule has 18 heavy (non-hydrogen) atoms. The zero-order valence-electron chi connectivity index (χ0n) is 10.9. The molecule has 0 bridgehead atoms. The van der Waals surface area contributed by atoms with Crippen LogP contribution in [0.3, 0.4) is 0 Å². The summed E-state index contributed by atoms with van der Waals surface area (Å²) in [6.45, 7) is 2.73. The number of nitrogens with one attached hydrogen (secondary N) is 1. The van der Waals surface area contributed by atoms with E-state index in [-0.39, 0.29) is 11.9 Å². The van der Waals surface area contributed by atoms with Crippen LogP contribution in [0.4, 0.5) is 4.39 Å². The van der Waals surface area contributed by atoms with Gasteiger partial charge in [0.25, 0.3) is 0 Å². The van der Waals surface area contributed by atoms with Crippen molar-refractivity contribution in [2.45, 2.75) is 25.7 Å². The molecule has 1 unspecified atom stereocenters. The fraction of sp³-hybridized carbons (Fsp3) is 0.538. The van der Waals surface area contributed by atoms with Crippen LogP contribution in [0.25, 0.3) is 0 Å². The number of halogens is 2. The summed E-state index contributed by atoms with van der Waals surface area (Å²) in [5, 5.41) is 3.62. The Morgan fingerprint density at radius 3 is 2.50 bits per heavy atom. The second kappa shape index (κ2) is 7.69. The van der Waals surface area contributed by atoms with Crippen molar-refractivity contribution in [1.82, 2.24) is 5.32 Å². The Labute approximate surface area is 112 Å². The van der Waals surface area contributed by atoms with Gasteiger partial charge in [0.05, 0.1) is 6.04 Å². The standard InChI is InChI=1S/C13H19ClFNO2/c1-4-16-12(13(17-2)18-3)7-9-5-6-10(14)8-11(9)15/h5-6,8,12-13,16H,4,7H2,1-3H3. The second-order valence-corrected chi connectivity index (χ2v) is 4.38. The first-order chi connectivity index (χ1) is 8.62. The molecule has 3 nitrogen and oxygen atoms in total. The highest BCUT2D eigenvalue weighted by Crippen LogP contribution is 2.17. The van der Waals surface area contributed by atoms with E-state index < -0.39 is 6.29 Å². The second-order valence-electron chi connectivity index (χ2n) is 3.94. The average Bonchev–Trinajstić information content (AvgIpc) is 2.34. The van der Waals surface area contributed by atoms with Crippen molar-refractivity contribution in [1.29, 1.82) is 0 Å². The van der Waals surface area contributed by atoms with Crippen LogP contribution in [-0.2, 0) is 15.9 Å². The van der Waals surface area contributed by atoms with Crippen LogP contribution in [-0.4, -0.2) is 33.1 Å². The van der Waals surface area contributed by atoms with Crippen LogP contribution in [0, 0.1) is 5.82 Å². The molecule has 0 aliphatic carbocycles. The van der Waals surface area contributed by atoms with Gasteiger partial charge in [0.15, 0.2) is 6.29 Å². The summed E-state index contributed by atoms with van der Waals surface area (Å²) in [6, 6.07) is 4.57. The molecule has 0 spiro atoms. The highest BCUT2D eigenvalue weighted by Gasteiger charge is 2.21. The Morgan fingerprint density at radius 2 is 2.00 bits per heavy atom. The third kappa shape index (κ3) is 4.21. The first-order valence-electron chi connectivity index (χ1n) is 5.85. The maximum atomic E-state index is 13.7. The summed E-state index contributed by atoms with van der Waals surface area (Å²) >= 11 is 5.73. The SMILES string of the molecule is CCNC(Cc1ccc(Cl)cc1F)C(OC)OC. The van der Waals surface area contributed by atoms with Crippen molar-refractivity contribution in [3.8, 4) is 0 Å². The van der Waals surface area contributed by atoms with Gasteiger partial charge in [-0.2, -0.15) is 0 Å². The molecule has 1 N–H and O–H groups in total. The van der Waals surface area contributed by atoms with Crippen LogP contribution < -0.4 is 5.32 Å². The van der Waals surface area contributed by atoms with Crippen molar-refractivity contribution >= 4 is 11.6 Å². The minimum atomic E-state index is -0.417. The predicted molar refractivity (Wildman–Crippen MR) is 70.4 cm³/mol. The van der Waals surface area contributed by atoms with Crippen molar-refractivity contribution in [3.63, 3.8) is 0 Å². The Hall–Kier alpha value is -0.680. The Kier molecular flexibility index (Phi) is 6.57. The third-order valence-corrected chi connectivity index (χ3v) is 2.95. The molecule has 0 saturated carbocycles. The summed E-state index contributed by atoms with van der Waals surface area (Å²) in [5.74, 6) is -0.309. The Balaban J connectivity index is 2.82. The van der Waals surface area contributed by atoms with E-state index in [0.29, 0.717) is 17.0 Å². The molecule has 102 valence electrons. The fourth-order valence-electron chi connectivity index (χ4n) is 1.88. The minimum absolute atomic E-state index is 0.110. The summed E-state index contributed by atoms with van der Waals surface area (Å²) in [4.78, 5) is 0. The lowest BCUT2D eigenvalue weighted by Crippen LogP contribution is -2.43. The number of rotatable bonds is 7. The number of ether oxygens (including phenoxy) is 2. The van der Waals surface area contributed by atoms with Gasteiger partial charge in [0.2, 0.25) is 0 Å². The molecule has 0 saturated heterocycles. The zero-order valence-corrected chi connectivity index (χ0v) is 11.6. The summed E-state index contributed by atoms with van der Waals surface area (Å²) in [5.41, 5.74) is 0.587. The van der Waals surface area contributed by atoms with Crippen molar-refractivity contribution in [2.24, 2.45) is 0 Å². The molecule has 1 aromatic rings. The van der Waals surface area contributed by atoms with Crippen molar-refractivity contribution < 1.29 is 13.9 Å². The maximum Gasteiger partial charge on any atom is 0.172 e. The molecule has 0 aliphatic rings. The highest BCUT2D eigenvalue weighted by atomic mass is 35.5. The normalized spacial score (nSPS) is 13.0. The third-order valence-electron chi connectivity index (χ3n) is 2.71. The van der Waals surface area contributed by atoms with E-state index in [2.05, 4.69) is 5.32 Å². The van der Waals surface area contributed by atoms with Crippen LogP contribution in [0.1, 0.15) is 12.5 Å². The molecule has 0 heterocycles. The van der Waals surface area contributed by atoms with Gasteiger partial charge in [-0.15, -0.1) is 0 Å². The monoisotopic (exact) mass is 275 g/mol. The van der Waals surface area contributed by atoms with Gasteiger partial charge in [0, 0.05) is 19.2 Å². The van der Waals surface area contributed by atoms with Gasteiger partial charge in [-0.1, -0.05) is 24.6 Å². The van der Waals surface area contributed by atoms with Crippen molar-refractivity contribution in [2.75, 3.05) is 20.8 Å². The number of hydrogen-bond acceptors (Lipinski definition) is 3. The molecule has 0 aromatic heterocycles. The zero-order chi connectivity index (χ0) is 13.5. The minimum Gasteiger partial charge on any atom is -0.354 e. The Morgan fingerprint density at radius 1 is 1.33 bits per heavy atom. The number of hydrogen-bond donors (Lipinski definition) is 1. The quantitative estimate of drug-likeness (QED) is 0.776. The first-order valence-corrected chi connectivity index (χ1v) is 6.23. The molecular weight excluding hydrogens is 257 g/mol. The largest absolute Gasteiger partial charge is 0.354 e. The van der Waals surface area contributed by atoms with Crippen LogP contribution >= 0.6 is 11.6 Å². The topological polar surface area (TPSA) is 30.5 Å². The number of methoxy groups -OCH3 is 2. The Bertz CT molecular complexity index is 372. The van der Waals surface area contributed by atoms with Gasteiger partial charge >= 0.3 is 0 Å². The van der Waals surface area contributed by atoms with Gasteiger partial charge < -0.3 is 14.8 Å². The van der Waals surface area contributed by atoms with E-state index in [1.54, 1.807) is 26.4 Å². The molecule has 0 radical (unpaired) electrons. The molecule has 1 atom stereocenters. The smallest absolute Gasteiger partial charge is 0.172 e. The van der Waals surface area contributed by atoms with Gasteiger partial charge in [-0.25, -0.2) is 4.39 Å². The van der Waals surface area contributed by atoms with Crippen molar-refractivity contribution in [3.05, 3.63) is 34.6 Å². The highest BCUT2D eigenvalue weighted by molar-refractivity contribution is 6.30. The summed E-state index contributed by atoms with van der Waals surface area (Å²) < 4.78 is 24.2. The lowest BCUT2D eigenvalue weighted by atomic mass is 10.0. The fourth-order valence-corrected chi connectivity index (χ4v) is 2.03. The summed E-state index contributed by atoms with van der Waals surface area (Å²) in [7, 11) is 3.13. The van der Waals surface area contributed by atoms with Crippen LogP contribution in [0.2, 0.25) is 5.02 Å². The van der Waals surface area contributed by atoms with E-state index in [0.717, 1.165) is 6.54 Å². The van der Waals surface area contributed by atoms with E-state index in [1.807, 2.05) is 6.92 Å². The van der Waals surface area contributed by atoms with E-state index in [1.165, 1.54) is 6.07 Å². The molecule has 0 amide bonds. The lowest BCUT2D eigenvalue weighted by molar-refractivity contribution is -0.122. The van der Waals surface area contributed by atoms with Gasteiger partial charge in [0.1, 0.15) is 5.82 Å². The molecule has 1 aromatic carbocycles. The molecular formula is C13H19ClFNO2. The predicted octanol–water partition coefficient (Wildman–Crippen LogP) is 2.62. The van der Waals surface area contributed by atoms with E-state index in [4.69, 9.17) is 21.1 Å². The number of benzene rings is 1. The van der Waals surface area contributed by atoms with E-state index in [9.17, 15) is 4.39 Å². The summed E-state index contributed by atoms with van der Waals surface area (Å²) in [6.07, 6.45) is 0.0587. The maximum absolute atomic E-state index is 13.7. The van der Waals surface area contributed by atoms with Crippen LogP contribution in [0.15, 0.2) is 18.2 Å². The number of likely N-dealkylation sites (N-methyl/N-ethyl adjacent to an activating group) is 1. The molecule has 0 aliphatic heterocycles. The molecule has 0 fully saturated rings. The van der Waals surface area contributed by atoms with Crippen LogP contribution in [0.5, 0.6) is 0 Å². The van der Waals surface area contributed by atoms with Gasteiger partial charge in [-0.05, 0) is 30.7 Å². The molecule has 5 heteroatoms. The molecule has 1 rings (SSSR count). The average molecular weight is 276 g/mol. The van der Waals surface area contributed by atoms with Gasteiger partial charge in [-0.3, -0.25) is 0 Å². The lowest BCUT2D eigenvalue weighted by Gasteiger charge is -2.25.